The third kappa shape index (κ3) is 8.26. The van der Waals surface area contributed by atoms with E-state index >= 15 is 0 Å². The van der Waals surface area contributed by atoms with Crippen LogP contribution in [0, 0.1) is 0 Å². The molecule has 5 aromatic rings. The summed E-state index contributed by atoms with van der Waals surface area (Å²) >= 11 is 26.5. The van der Waals surface area contributed by atoms with Crippen LogP contribution in [0.3, 0.4) is 0 Å². The molecule has 0 aliphatic rings. The molecule has 0 N–H and O–H groups in total. The Labute approximate surface area is 268 Å². The summed E-state index contributed by atoms with van der Waals surface area (Å²) in [7, 11) is 0. The van der Waals surface area contributed by atoms with Crippen molar-refractivity contribution >= 4 is 95.5 Å². The first-order valence-corrected chi connectivity index (χ1v) is 18.4. The van der Waals surface area contributed by atoms with Gasteiger partial charge in [-0.05, 0) is 17.7 Å². The fourth-order valence-electron chi connectivity index (χ4n) is 3.84. The number of aromatic nitrogens is 2. The molecule has 3 nitrogen and oxygen atoms in total. The molecule has 2 heterocycles. The van der Waals surface area contributed by atoms with Crippen molar-refractivity contribution in [3.8, 4) is 0 Å². The van der Waals surface area contributed by atoms with Crippen molar-refractivity contribution in [1.82, 2.24) is 9.97 Å². The Kier molecular flexibility index (Phi) is 12.1. The van der Waals surface area contributed by atoms with Gasteiger partial charge in [0.2, 0.25) is 0 Å². The van der Waals surface area contributed by atoms with Gasteiger partial charge in [-0.1, -0.05) is 59.1 Å². The molecular weight excluding hydrogens is 681 g/mol. The van der Waals surface area contributed by atoms with Crippen molar-refractivity contribution < 1.29 is 4.79 Å². The summed E-state index contributed by atoms with van der Waals surface area (Å²) in [6.45, 7) is 5.93. The minimum absolute atomic E-state index is 0.215. The smallest absolute Gasteiger partial charge is 0.151 e. The first-order valence-electron chi connectivity index (χ1n) is 12.2. The fraction of sp³-hybridized carbons (Fsp3) is 0.0312. The Morgan fingerprint density at radius 1 is 0.659 bits per heavy atom. The molecule has 0 saturated heterocycles. The summed E-state index contributed by atoms with van der Waals surface area (Å²) in [5, 5.41) is 2.78. The van der Waals surface area contributed by atoms with Crippen LogP contribution in [-0.4, -0.2) is 22.9 Å². The molecule has 41 heavy (non-hydrogen) atoms. The standard InChI is InChI=1S/C19H18BrP.C7H5Cl2N.C6H3Cl2NO/c1-21(20,17-11-5-2-6-12-17,18-13-7-3-8-14-18)19-15-9-4-10-16-19;1-2-5-3-6(8)7(9)10-4-5;7-5-1-4(3-10)2-9-6(5)8/h2-16H,1H3;2-4H,1H2;1-3H. The zero-order chi connectivity index (χ0) is 29.9. The van der Waals surface area contributed by atoms with Crippen LogP contribution in [0.4, 0.5) is 0 Å². The zero-order valence-electron chi connectivity index (χ0n) is 22.0. The van der Waals surface area contributed by atoms with E-state index in [1.807, 2.05) is 0 Å². The van der Waals surface area contributed by atoms with E-state index in [-0.39, 0.29) is 5.15 Å². The molecule has 0 fully saturated rings. The number of carbonyl (C=O) groups excluding carboxylic acids is 1. The SMILES string of the molecule is C=Cc1cnc(Cl)c(Cl)c1.CP(Br)(c1ccccc1)(c1ccccc1)c1ccccc1.O=Cc1cnc(Cl)c(Cl)c1. The first kappa shape index (κ1) is 32.9. The third-order valence-electron chi connectivity index (χ3n) is 6.12. The number of hydrogen-bond acceptors (Lipinski definition) is 3. The number of nitrogens with zero attached hydrogens (tertiary/aromatic N) is 2. The zero-order valence-corrected chi connectivity index (χ0v) is 27.5. The topological polar surface area (TPSA) is 42.9 Å². The minimum Gasteiger partial charge on any atom is -0.298 e. The van der Waals surface area contributed by atoms with Crippen LogP contribution >= 0.6 is 67.2 Å². The molecule has 0 spiro atoms. The summed E-state index contributed by atoms with van der Waals surface area (Å²) in [5.74, 6) is 0. The summed E-state index contributed by atoms with van der Waals surface area (Å²) in [5.41, 5.74) is 1.30. The van der Waals surface area contributed by atoms with Gasteiger partial charge in [-0.2, -0.15) is 0 Å². The Bertz CT molecular complexity index is 1450. The monoisotopic (exact) mass is 704 g/mol. The molecule has 0 atom stereocenters. The van der Waals surface area contributed by atoms with Crippen LogP contribution in [0.15, 0.2) is 122 Å². The average molecular weight is 707 g/mol. The second-order valence-electron chi connectivity index (χ2n) is 8.84. The van der Waals surface area contributed by atoms with Gasteiger partial charge in [0.15, 0.2) is 6.29 Å². The molecule has 0 radical (unpaired) electrons. The van der Waals surface area contributed by atoms with Crippen molar-refractivity contribution in [3.05, 3.63) is 154 Å². The molecule has 3 aromatic carbocycles. The normalized spacial score (nSPS) is 11.4. The van der Waals surface area contributed by atoms with Gasteiger partial charge in [0, 0.05) is 18.0 Å². The predicted molar refractivity (Wildman–Crippen MR) is 184 cm³/mol. The van der Waals surface area contributed by atoms with E-state index in [9.17, 15) is 4.79 Å². The van der Waals surface area contributed by atoms with E-state index in [0.29, 0.717) is 27.0 Å². The number of pyridine rings is 2. The molecule has 9 heteroatoms. The molecule has 2 aromatic heterocycles. The second kappa shape index (κ2) is 15.1. The number of aldehydes is 1. The predicted octanol–water partition coefficient (Wildman–Crippen LogP) is 9.69. The van der Waals surface area contributed by atoms with Crippen molar-refractivity contribution in [1.29, 1.82) is 0 Å². The number of hydrogen-bond donors (Lipinski definition) is 0. The van der Waals surface area contributed by atoms with Gasteiger partial charge in [-0.15, -0.1) is 0 Å². The van der Waals surface area contributed by atoms with Crippen LogP contribution in [0.2, 0.25) is 20.4 Å². The van der Waals surface area contributed by atoms with E-state index in [0.717, 1.165) is 5.56 Å². The number of benzene rings is 3. The van der Waals surface area contributed by atoms with Crippen molar-refractivity contribution in [2.75, 3.05) is 6.66 Å². The van der Waals surface area contributed by atoms with Gasteiger partial charge in [-0.25, -0.2) is 9.97 Å². The van der Waals surface area contributed by atoms with Crippen LogP contribution in [-0.2, 0) is 0 Å². The van der Waals surface area contributed by atoms with Gasteiger partial charge >= 0.3 is 134 Å². The Balaban J connectivity index is 0.000000193. The maximum Gasteiger partial charge on any atom is 0.151 e. The fourth-order valence-corrected chi connectivity index (χ4v) is 10.1. The van der Waals surface area contributed by atoms with E-state index in [4.69, 9.17) is 46.4 Å². The van der Waals surface area contributed by atoms with E-state index in [1.54, 1.807) is 18.3 Å². The van der Waals surface area contributed by atoms with Gasteiger partial charge in [0.25, 0.3) is 0 Å². The maximum absolute atomic E-state index is 10.1. The number of carbonyl (C=O) groups is 1. The van der Waals surface area contributed by atoms with Gasteiger partial charge in [0.1, 0.15) is 10.3 Å². The van der Waals surface area contributed by atoms with E-state index in [2.05, 4.69) is 130 Å². The van der Waals surface area contributed by atoms with Gasteiger partial charge < -0.3 is 0 Å². The van der Waals surface area contributed by atoms with Crippen molar-refractivity contribution in [2.24, 2.45) is 0 Å². The molecular formula is C32H26BrCl4N2OP. The Hall–Kier alpha value is -2.56. The van der Waals surface area contributed by atoms with Crippen LogP contribution in [0.5, 0.6) is 0 Å². The molecule has 0 aliphatic heterocycles. The van der Waals surface area contributed by atoms with Crippen LogP contribution in [0.25, 0.3) is 6.08 Å². The summed E-state index contributed by atoms with van der Waals surface area (Å²) < 4.78 is 0. The number of halogens is 5. The molecule has 0 unspecified atom stereocenters. The minimum atomic E-state index is -2.56. The molecule has 0 bridgehead atoms. The largest absolute Gasteiger partial charge is 0.298 e. The van der Waals surface area contributed by atoms with Crippen molar-refractivity contribution in [3.63, 3.8) is 0 Å². The molecule has 5 rings (SSSR count). The van der Waals surface area contributed by atoms with Crippen LogP contribution < -0.4 is 15.9 Å². The van der Waals surface area contributed by atoms with E-state index in [1.165, 1.54) is 28.2 Å². The summed E-state index contributed by atoms with van der Waals surface area (Å²) in [4.78, 5) is 17.6. The average Bonchev–Trinajstić information content (AvgIpc) is 3.02. The Morgan fingerprint density at radius 2 is 1.00 bits per heavy atom. The van der Waals surface area contributed by atoms with Gasteiger partial charge in [0.05, 0.1) is 10.0 Å². The molecule has 0 saturated carbocycles. The van der Waals surface area contributed by atoms with Crippen LogP contribution in [0.1, 0.15) is 15.9 Å². The van der Waals surface area contributed by atoms with E-state index < -0.39 is 5.31 Å². The molecule has 0 amide bonds. The number of rotatable bonds is 5. The summed E-state index contributed by atoms with van der Waals surface area (Å²) in [6, 6.07) is 35.5. The third-order valence-corrected chi connectivity index (χ3v) is 15.8. The maximum atomic E-state index is 10.1. The summed E-state index contributed by atoms with van der Waals surface area (Å²) in [6.07, 6.45) is 5.30. The quantitative estimate of drug-likeness (QED) is 0.104. The van der Waals surface area contributed by atoms with Crippen molar-refractivity contribution in [2.45, 2.75) is 0 Å². The van der Waals surface area contributed by atoms with Gasteiger partial charge in [-0.3, -0.25) is 4.79 Å². The second-order valence-corrected chi connectivity index (χ2v) is 20.1. The molecule has 0 aliphatic carbocycles. The molecule has 210 valence electrons. The first-order chi connectivity index (χ1) is 19.6. The Morgan fingerprint density at radius 3 is 1.32 bits per heavy atom.